The zero-order valence-electron chi connectivity index (χ0n) is 16.3. The quantitative estimate of drug-likeness (QED) is 0.430. The second-order valence-electron chi connectivity index (χ2n) is 7.46. The van der Waals surface area contributed by atoms with Crippen LogP contribution in [-0.4, -0.2) is 11.1 Å². The number of rotatable bonds is 5. The summed E-state index contributed by atoms with van der Waals surface area (Å²) in [4.78, 5) is 11.8. The summed E-state index contributed by atoms with van der Waals surface area (Å²) in [6, 6.07) is 25.8. The second kappa shape index (κ2) is 7.53. The summed E-state index contributed by atoms with van der Waals surface area (Å²) in [5.74, 6) is -0.615. The highest BCUT2D eigenvalue weighted by molar-refractivity contribution is 5.92. The van der Waals surface area contributed by atoms with Crippen LogP contribution in [0.5, 0.6) is 5.75 Å². The van der Waals surface area contributed by atoms with Crippen molar-refractivity contribution >= 4 is 22.8 Å². The van der Waals surface area contributed by atoms with E-state index in [4.69, 9.17) is 4.74 Å². The predicted molar refractivity (Wildman–Crippen MR) is 120 cm³/mol. The number of fused-ring (bicyclic) bond motifs is 2. The first-order valence-electron chi connectivity index (χ1n) is 9.96. The number of aromatic carboxylic acids is 1. The van der Waals surface area contributed by atoms with Crippen LogP contribution in [0.3, 0.4) is 0 Å². The molecule has 0 saturated carbocycles. The van der Waals surface area contributed by atoms with E-state index in [9.17, 15) is 9.90 Å². The predicted octanol–water partition coefficient (Wildman–Crippen LogP) is 6.35. The molecule has 0 atom stereocenters. The molecule has 3 nitrogen and oxygen atoms in total. The Balaban J connectivity index is 1.49. The van der Waals surface area contributed by atoms with Crippen molar-refractivity contribution in [1.29, 1.82) is 0 Å². The Morgan fingerprint density at radius 2 is 1.70 bits per heavy atom. The number of hydrogen-bond acceptors (Lipinski definition) is 2. The van der Waals surface area contributed by atoms with Crippen molar-refractivity contribution in [3.8, 4) is 16.9 Å². The standard InChI is InChI=1S/C27H20O3/c28-27(29)25-14-13-22(21-12-11-18-6-3-8-20(18)15-21)16-26(25)30-17-23-9-4-7-19-5-1-2-10-24(19)23/h1-5,7-16H,6,17H2,(H,28,29). The van der Waals surface area contributed by atoms with Gasteiger partial charge in [0, 0.05) is 0 Å². The molecule has 5 rings (SSSR count). The molecule has 0 aromatic heterocycles. The highest BCUT2D eigenvalue weighted by Gasteiger charge is 2.15. The Kier molecular flexibility index (Phi) is 4.56. The smallest absolute Gasteiger partial charge is 0.339 e. The van der Waals surface area contributed by atoms with E-state index in [-0.39, 0.29) is 5.56 Å². The first-order chi connectivity index (χ1) is 14.7. The van der Waals surface area contributed by atoms with Crippen molar-refractivity contribution in [1.82, 2.24) is 0 Å². The van der Waals surface area contributed by atoms with E-state index in [0.29, 0.717) is 12.4 Å². The highest BCUT2D eigenvalue weighted by Crippen LogP contribution is 2.31. The van der Waals surface area contributed by atoms with Gasteiger partial charge < -0.3 is 9.84 Å². The Labute approximate surface area is 174 Å². The van der Waals surface area contributed by atoms with Crippen LogP contribution in [0, 0.1) is 0 Å². The van der Waals surface area contributed by atoms with Gasteiger partial charge in [-0.05, 0) is 63.2 Å². The van der Waals surface area contributed by atoms with E-state index in [1.54, 1.807) is 6.07 Å². The number of carboxylic acids is 1. The Morgan fingerprint density at radius 1 is 0.900 bits per heavy atom. The van der Waals surface area contributed by atoms with Gasteiger partial charge in [-0.2, -0.15) is 0 Å². The zero-order chi connectivity index (χ0) is 20.5. The van der Waals surface area contributed by atoms with Crippen LogP contribution in [-0.2, 0) is 13.0 Å². The van der Waals surface area contributed by atoms with Crippen molar-refractivity contribution in [2.45, 2.75) is 13.0 Å². The first kappa shape index (κ1) is 18.2. The minimum absolute atomic E-state index is 0.167. The average molecular weight is 392 g/mol. The molecule has 4 aromatic rings. The molecule has 0 radical (unpaired) electrons. The van der Waals surface area contributed by atoms with Crippen LogP contribution in [0.1, 0.15) is 27.0 Å². The van der Waals surface area contributed by atoms with Gasteiger partial charge in [-0.25, -0.2) is 4.79 Å². The van der Waals surface area contributed by atoms with E-state index in [2.05, 4.69) is 48.6 Å². The fourth-order valence-corrected chi connectivity index (χ4v) is 4.00. The van der Waals surface area contributed by atoms with Crippen molar-refractivity contribution in [2.24, 2.45) is 0 Å². The lowest BCUT2D eigenvalue weighted by molar-refractivity contribution is 0.0692. The molecular weight excluding hydrogens is 372 g/mol. The number of allylic oxidation sites excluding steroid dienone is 1. The summed E-state index contributed by atoms with van der Waals surface area (Å²) >= 11 is 0. The second-order valence-corrected chi connectivity index (χ2v) is 7.46. The van der Waals surface area contributed by atoms with E-state index < -0.39 is 5.97 Å². The van der Waals surface area contributed by atoms with Gasteiger partial charge in [0.25, 0.3) is 0 Å². The van der Waals surface area contributed by atoms with Gasteiger partial charge in [0.1, 0.15) is 17.9 Å². The Bertz CT molecular complexity index is 1300. The minimum Gasteiger partial charge on any atom is -0.488 e. The summed E-state index contributed by atoms with van der Waals surface area (Å²) in [5, 5.41) is 11.9. The normalized spacial score (nSPS) is 12.1. The molecule has 0 spiro atoms. The maximum Gasteiger partial charge on any atom is 0.339 e. The molecule has 0 aliphatic heterocycles. The lowest BCUT2D eigenvalue weighted by Gasteiger charge is -2.13. The number of carbonyl (C=O) groups is 1. The minimum atomic E-state index is -0.994. The Hall–Kier alpha value is -3.85. The van der Waals surface area contributed by atoms with E-state index in [1.807, 2.05) is 36.4 Å². The molecule has 0 saturated heterocycles. The summed E-state index contributed by atoms with van der Waals surface area (Å²) < 4.78 is 6.05. The fourth-order valence-electron chi connectivity index (χ4n) is 4.00. The monoisotopic (exact) mass is 392 g/mol. The molecule has 30 heavy (non-hydrogen) atoms. The van der Waals surface area contributed by atoms with E-state index in [1.165, 1.54) is 11.1 Å². The van der Waals surface area contributed by atoms with E-state index in [0.717, 1.165) is 33.9 Å². The number of ether oxygens (including phenoxy) is 1. The lowest BCUT2D eigenvalue weighted by Crippen LogP contribution is -2.04. The molecule has 3 heteroatoms. The van der Waals surface area contributed by atoms with Crippen molar-refractivity contribution < 1.29 is 14.6 Å². The number of hydrogen-bond donors (Lipinski definition) is 1. The molecular formula is C27H20O3. The Morgan fingerprint density at radius 3 is 2.60 bits per heavy atom. The zero-order valence-corrected chi connectivity index (χ0v) is 16.3. The maximum atomic E-state index is 11.8. The maximum absolute atomic E-state index is 11.8. The van der Waals surface area contributed by atoms with Crippen LogP contribution < -0.4 is 4.74 Å². The van der Waals surface area contributed by atoms with Gasteiger partial charge in [-0.15, -0.1) is 0 Å². The highest BCUT2D eigenvalue weighted by atomic mass is 16.5. The summed E-state index contributed by atoms with van der Waals surface area (Å²) in [6.07, 6.45) is 5.25. The molecule has 0 heterocycles. The van der Waals surface area contributed by atoms with E-state index >= 15 is 0 Å². The summed E-state index contributed by atoms with van der Waals surface area (Å²) in [5.41, 5.74) is 5.71. The van der Waals surface area contributed by atoms with Gasteiger partial charge in [-0.3, -0.25) is 0 Å². The van der Waals surface area contributed by atoms with Crippen LogP contribution in [0.4, 0.5) is 0 Å². The van der Waals surface area contributed by atoms with Crippen molar-refractivity contribution in [3.63, 3.8) is 0 Å². The average Bonchev–Trinajstić information content (AvgIpc) is 3.25. The third-order valence-corrected chi connectivity index (χ3v) is 5.59. The first-order valence-corrected chi connectivity index (χ1v) is 9.96. The third-order valence-electron chi connectivity index (χ3n) is 5.59. The lowest BCUT2D eigenvalue weighted by atomic mass is 9.99. The molecule has 1 N–H and O–H groups in total. The molecule has 0 bridgehead atoms. The van der Waals surface area contributed by atoms with Crippen LogP contribution in [0.2, 0.25) is 0 Å². The van der Waals surface area contributed by atoms with Crippen LogP contribution in [0.25, 0.3) is 28.0 Å². The number of carboxylic acid groups (broad SMARTS) is 1. The number of benzene rings is 4. The molecule has 0 amide bonds. The van der Waals surface area contributed by atoms with Gasteiger partial charge in [0.2, 0.25) is 0 Å². The summed E-state index contributed by atoms with van der Waals surface area (Å²) in [7, 11) is 0. The molecule has 146 valence electrons. The largest absolute Gasteiger partial charge is 0.488 e. The molecule has 1 aliphatic rings. The third kappa shape index (κ3) is 3.35. The van der Waals surface area contributed by atoms with Gasteiger partial charge in [0.05, 0.1) is 0 Å². The molecule has 1 aliphatic carbocycles. The van der Waals surface area contributed by atoms with Gasteiger partial charge >= 0.3 is 5.97 Å². The molecule has 0 unspecified atom stereocenters. The van der Waals surface area contributed by atoms with Gasteiger partial charge in [0.15, 0.2) is 0 Å². The molecule has 4 aromatic carbocycles. The van der Waals surface area contributed by atoms with Crippen LogP contribution >= 0.6 is 0 Å². The topological polar surface area (TPSA) is 46.5 Å². The van der Waals surface area contributed by atoms with Crippen LogP contribution in [0.15, 0.2) is 84.9 Å². The van der Waals surface area contributed by atoms with Gasteiger partial charge in [-0.1, -0.05) is 72.8 Å². The van der Waals surface area contributed by atoms with Crippen molar-refractivity contribution in [2.75, 3.05) is 0 Å². The molecule has 0 fully saturated rings. The fraction of sp³-hybridized carbons (Fsp3) is 0.0741. The van der Waals surface area contributed by atoms with Crippen molar-refractivity contribution in [3.05, 3.63) is 107 Å². The summed E-state index contributed by atoms with van der Waals surface area (Å²) in [6.45, 7) is 0.304. The SMILES string of the molecule is O=C(O)c1ccc(-c2ccc3c(c2)C=CC3)cc1OCc1cccc2ccccc12.